The van der Waals surface area contributed by atoms with Crippen molar-refractivity contribution in [2.45, 2.75) is 0 Å². The molecule has 3 rings (SSSR count). The molecule has 0 saturated carbocycles. The Morgan fingerprint density at radius 1 is 0.826 bits per heavy atom. The molecule has 0 aliphatic carbocycles. The van der Waals surface area contributed by atoms with E-state index in [9.17, 15) is 4.79 Å². The number of hydrogen-bond donors (Lipinski definition) is 0. The van der Waals surface area contributed by atoms with Crippen LogP contribution in [0.2, 0.25) is 0 Å². The fourth-order valence-corrected chi connectivity index (χ4v) is 2.12. The standard InChI is InChI=1S/C18H16O5/c1-20-14-5-7-15(8-6-14)21-10-11-22-16-4-2-13-3-9-18(19)23-17(13)12-16/h2-9,12H,10-11H2,1H3. The summed E-state index contributed by atoms with van der Waals surface area (Å²) in [5.74, 6) is 2.16. The average Bonchev–Trinajstić information content (AvgIpc) is 2.59. The quantitative estimate of drug-likeness (QED) is 0.516. The second-order valence-corrected chi connectivity index (χ2v) is 4.83. The molecule has 0 aliphatic rings. The Kier molecular flexibility index (Phi) is 4.47. The summed E-state index contributed by atoms with van der Waals surface area (Å²) in [6.45, 7) is 0.789. The van der Waals surface area contributed by atoms with Gasteiger partial charge in [-0.1, -0.05) is 0 Å². The van der Waals surface area contributed by atoms with Gasteiger partial charge in [-0.25, -0.2) is 4.79 Å². The highest BCUT2D eigenvalue weighted by molar-refractivity contribution is 5.77. The largest absolute Gasteiger partial charge is 0.497 e. The minimum absolute atomic E-state index is 0.377. The molecule has 0 fully saturated rings. The molecule has 0 atom stereocenters. The third-order valence-electron chi connectivity index (χ3n) is 3.27. The van der Waals surface area contributed by atoms with Crippen molar-refractivity contribution in [1.29, 1.82) is 0 Å². The minimum Gasteiger partial charge on any atom is -0.497 e. The summed E-state index contributed by atoms with van der Waals surface area (Å²) < 4.78 is 21.4. The fraction of sp³-hybridized carbons (Fsp3) is 0.167. The second-order valence-electron chi connectivity index (χ2n) is 4.83. The fourth-order valence-electron chi connectivity index (χ4n) is 2.12. The summed E-state index contributed by atoms with van der Waals surface area (Å²) in [7, 11) is 1.62. The lowest BCUT2D eigenvalue weighted by Gasteiger charge is -2.09. The first-order valence-corrected chi connectivity index (χ1v) is 7.18. The van der Waals surface area contributed by atoms with Crippen LogP contribution in [0, 0.1) is 0 Å². The van der Waals surface area contributed by atoms with Crippen molar-refractivity contribution in [2.24, 2.45) is 0 Å². The number of methoxy groups -OCH3 is 1. The van der Waals surface area contributed by atoms with E-state index >= 15 is 0 Å². The normalized spacial score (nSPS) is 10.5. The number of benzene rings is 2. The summed E-state index contributed by atoms with van der Waals surface area (Å²) in [4.78, 5) is 11.2. The van der Waals surface area contributed by atoms with Crippen molar-refractivity contribution in [3.05, 3.63) is 65.0 Å². The first kappa shape index (κ1) is 15.0. The third kappa shape index (κ3) is 3.83. The molecule has 3 aromatic rings. The maximum atomic E-state index is 11.2. The van der Waals surface area contributed by atoms with Crippen molar-refractivity contribution in [3.8, 4) is 17.2 Å². The van der Waals surface area contributed by atoms with E-state index in [0.717, 1.165) is 16.9 Å². The van der Waals surface area contributed by atoms with Crippen molar-refractivity contribution in [2.75, 3.05) is 20.3 Å². The maximum Gasteiger partial charge on any atom is 0.336 e. The summed E-state index contributed by atoms with van der Waals surface area (Å²) in [6.07, 6.45) is 0. The Labute approximate surface area is 133 Å². The summed E-state index contributed by atoms with van der Waals surface area (Å²) in [5.41, 5.74) is 0.128. The molecule has 5 heteroatoms. The van der Waals surface area contributed by atoms with Gasteiger partial charge in [0.15, 0.2) is 0 Å². The highest BCUT2D eigenvalue weighted by Gasteiger charge is 2.01. The monoisotopic (exact) mass is 312 g/mol. The predicted octanol–water partition coefficient (Wildman–Crippen LogP) is 3.26. The summed E-state index contributed by atoms with van der Waals surface area (Å²) in [6, 6.07) is 15.8. The number of fused-ring (bicyclic) bond motifs is 1. The molecule has 118 valence electrons. The van der Waals surface area contributed by atoms with E-state index < -0.39 is 0 Å². The molecule has 0 aliphatic heterocycles. The van der Waals surface area contributed by atoms with Crippen LogP contribution in [-0.2, 0) is 0 Å². The van der Waals surface area contributed by atoms with Crippen molar-refractivity contribution < 1.29 is 18.6 Å². The lowest BCUT2D eigenvalue weighted by molar-refractivity contribution is 0.217. The molecule has 0 unspecified atom stereocenters. The van der Waals surface area contributed by atoms with Gasteiger partial charge in [-0.3, -0.25) is 0 Å². The van der Waals surface area contributed by atoms with Crippen LogP contribution < -0.4 is 19.8 Å². The van der Waals surface area contributed by atoms with Crippen molar-refractivity contribution in [3.63, 3.8) is 0 Å². The van der Waals surface area contributed by atoms with Gasteiger partial charge in [-0.05, 0) is 42.5 Å². The summed E-state index contributed by atoms with van der Waals surface area (Å²) in [5, 5.41) is 0.853. The predicted molar refractivity (Wildman–Crippen MR) is 86.5 cm³/mol. The molecule has 1 aromatic heterocycles. The van der Waals surface area contributed by atoms with Crippen LogP contribution in [0.1, 0.15) is 0 Å². The van der Waals surface area contributed by atoms with E-state index in [2.05, 4.69) is 0 Å². The zero-order valence-corrected chi connectivity index (χ0v) is 12.7. The van der Waals surface area contributed by atoms with Gasteiger partial charge in [0.1, 0.15) is 36.0 Å². The Balaban J connectivity index is 1.54. The first-order valence-electron chi connectivity index (χ1n) is 7.18. The molecule has 23 heavy (non-hydrogen) atoms. The van der Waals surface area contributed by atoms with Gasteiger partial charge in [0.05, 0.1) is 7.11 Å². The number of rotatable bonds is 6. The molecule has 0 amide bonds. The lowest BCUT2D eigenvalue weighted by Crippen LogP contribution is -2.09. The molecular formula is C18H16O5. The molecular weight excluding hydrogens is 296 g/mol. The SMILES string of the molecule is COc1ccc(OCCOc2ccc3ccc(=O)oc3c2)cc1. The van der Waals surface area contributed by atoms with Crippen LogP contribution in [0.5, 0.6) is 17.2 Å². The van der Waals surface area contributed by atoms with E-state index in [0.29, 0.717) is 24.5 Å². The van der Waals surface area contributed by atoms with Crippen LogP contribution in [0.3, 0.4) is 0 Å². The lowest BCUT2D eigenvalue weighted by atomic mass is 10.2. The maximum absolute atomic E-state index is 11.2. The molecule has 0 spiro atoms. The Morgan fingerprint density at radius 2 is 1.43 bits per heavy atom. The second kappa shape index (κ2) is 6.87. The van der Waals surface area contributed by atoms with Gasteiger partial charge < -0.3 is 18.6 Å². The molecule has 0 saturated heterocycles. The summed E-state index contributed by atoms with van der Waals surface area (Å²) >= 11 is 0. The van der Waals surface area contributed by atoms with Gasteiger partial charge in [0.2, 0.25) is 0 Å². The topological polar surface area (TPSA) is 57.9 Å². The Hall–Kier alpha value is -2.95. The third-order valence-corrected chi connectivity index (χ3v) is 3.27. The molecule has 0 radical (unpaired) electrons. The zero-order chi connectivity index (χ0) is 16.1. The van der Waals surface area contributed by atoms with E-state index in [4.69, 9.17) is 18.6 Å². The van der Waals surface area contributed by atoms with Gasteiger partial charge >= 0.3 is 5.63 Å². The molecule has 0 N–H and O–H groups in total. The van der Waals surface area contributed by atoms with E-state index in [1.54, 1.807) is 19.2 Å². The van der Waals surface area contributed by atoms with Gasteiger partial charge in [0.25, 0.3) is 0 Å². The van der Waals surface area contributed by atoms with Crippen LogP contribution in [-0.4, -0.2) is 20.3 Å². The molecule has 0 bridgehead atoms. The number of hydrogen-bond acceptors (Lipinski definition) is 5. The average molecular weight is 312 g/mol. The zero-order valence-electron chi connectivity index (χ0n) is 12.7. The van der Waals surface area contributed by atoms with Crippen molar-refractivity contribution >= 4 is 11.0 Å². The Bertz CT molecular complexity index is 836. The van der Waals surface area contributed by atoms with Crippen LogP contribution in [0.25, 0.3) is 11.0 Å². The van der Waals surface area contributed by atoms with Crippen molar-refractivity contribution in [1.82, 2.24) is 0 Å². The molecule has 2 aromatic carbocycles. The van der Waals surface area contributed by atoms with E-state index in [1.165, 1.54) is 6.07 Å². The minimum atomic E-state index is -0.377. The van der Waals surface area contributed by atoms with Crippen LogP contribution in [0.15, 0.2) is 63.8 Å². The van der Waals surface area contributed by atoms with E-state index in [-0.39, 0.29) is 5.63 Å². The molecule has 5 nitrogen and oxygen atoms in total. The highest BCUT2D eigenvalue weighted by atomic mass is 16.5. The smallest absolute Gasteiger partial charge is 0.336 e. The van der Waals surface area contributed by atoms with Crippen LogP contribution in [0.4, 0.5) is 0 Å². The van der Waals surface area contributed by atoms with Crippen LogP contribution >= 0.6 is 0 Å². The van der Waals surface area contributed by atoms with Gasteiger partial charge in [-0.15, -0.1) is 0 Å². The Morgan fingerprint density at radius 3 is 2.17 bits per heavy atom. The van der Waals surface area contributed by atoms with Gasteiger partial charge in [-0.2, -0.15) is 0 Å². The van der Waals surface area contributed by atoms with Gasteiger partial charge in [0, 0.05) is 17.5 Å². The number of ether oxygens (including phenoxy) is 3. The first-order chi connectivity index (χ1) is 11.2. The highest BCUT2D eigenvalue weighted by Crippen LogP contribution is 2.20. The molecule has 1 heterocycles. The van der Waals surface area contributed by atoms with E-state index in [1.807, 2.05) is 36.4 Å².